The van der Waals surface area contributed by atoms with Gasteiger partial charge in [0, 0.05) is 28.4 Å². The third-order valence-electron chi connectivity index (χ3n) is 4.15. The largest absolute Gasteiger partial charge is 0.478 e. The summed E-state index contributed by atoms with van der Waals surface area (Å²) in [6.07, 6.45) is 0. The van der Waals surface area contributed by atoms with E-state index >= 15 is 0 Å². The van der Waals surface area contributed by atoms with Crippen molar-refractivity contribution in [1.82, 2.24) is 0 Å². The summed E-state index contributed by atoms with van der Waals surface area (Å²) < 4.78 is 1.78. The van der Waals surface area contributed by atoms with Crippen LogP contribution in [0.2, 0.25) is 0 Å². The van der Waals surface area contributed by atoms with Crippen LogP contribution in [0, 0.1) is 0 Å². The molecule has 0 amide bonds. The molecule has 4 nitrogen and oxygen atoms in total. The Morgan fingerprint density at radius 3 is 1.34 bits per heavy atom. The third kappa shape index (κ3) is 5.50. The summed E-state index contributed by atoms with van der Waals surface area (Å²) in [5.74, 6) is -1.79. The van der Waals surface area contributed by atoms with Crippen LogP contribution in [0.5, 0.6) is 0 Å². The Balaban J connectivity index is 0.000000200. The van der Waals surface area contributed by atoms with E-state index in [1.165, 1.54) is 0 Å². The van der Waals surface area contributed by atoms with Crippen LogP contribution in [-0.2, 0) is 19.5 Å². The van der Waals surface area contributed by atoms with Gasteiger partial charge in [-0.15, -0.1) is 0 Å². The fourth-order valence-corrected chi connectivity index (χ4v) is 3.58. The van der Waals surface area contributed by atoms with Crippen molar-refractivity contribution in [1.29, 1.82) is 0 Å². The first-order valence-electron chi connectivity index (χ1n) is 8.20. The normalized spacial score (nSPS) is 10.0. The molecular formula is C22H14Br2O4Zn. The van der Waals surface area contributed by atoms with E-state index in [0.717, 1.165) is 30.5 Å². The number of carboxylic acid groups (broad SMARTS) is 2. The topological polar surface area (TPSA) is 74.6 Å². The molecule has 0 heterocycles. The molecule has 4 rings (SSSR count). The van der Waals surface area contributed by atoms with Gasteiger partial charge >= 0.3 is 11.9 Å². The summed E-state index contributed by atoms with van der Waals surface area (Å²) in [6.45, 7) is 0. The van der Waals surface area contributed by atoms with Crippen molar-refractivity contribution >= 4 is 65.3 Å². The molecule has 0 atom stereocenters. The molecule has 0 fully saturated rings. The molecule has 0 spiro atoms. The Bertz CT molecular complexity index is 1110. The zero-order valence-corrected chi connectivity index (χ0v) is 21.2. The van der Waals surface area contributed by atoms with Crippen molar-refractivity contribution in [3.05, 3.63) is 92.9 Å². The number of aromatic carboxylic acids is 2. The van der Waals surface area contributed by atoms with Crippen LogP contribution in [0.4, 0.5) is 0 Å². The Morgan fingerprint density at radius 2 is 1.00 bits per heavy atom. The van der Waals surface area contributed by atoms with E-state index in [4.69, 9.17) is 10.2 Å². The maximum absolute atomic E-state index is 10.9. The van der Waals surface area contributed by atoms with Gasteiger partial charge < -0.3 is 10.2 Å². The van der Waals surface area contributed by atoms with Crippen molar-refractivity contribution in [2.24, 2.45) is 0 Å². The Kier molecular flexibility index (Phi) is 8.08. The van der Waals surface area contributed by atoms with Crippen molar-refractivity contribution in [3.63, 3.8) is 0 Å². The standard InChI is InChI=1S/2C11H7BrO2.Zn/c2*12-8-5-4-7-2-1-3-9(11(13)14)10(7)6-8;/h2*1-6H,(H,13,14);. The maximum Gasteiger partial charge on any atom is 0.336 e. The summed E-state index contributed by atoms with van der Waals surface area (Å²) in [6, 6.07) is 21.7. The summed E-state index contributed by atoms with van der Waals surface area (Å²) >= 11 is 6.65. The number of carbonyl (C=O) groups is 2. The van der Waals surface area contributed by atoms with E-state index in [-0.39, 0.29) is 19.5 Å². The number of benzene rings is 4. The van der Waals surface area contributed by atoms with Gasteiger partial charge in [-0.3, -0.25) is 0 Å². The predicted octanol–water partition coefficient (Wildman–Crippen LogP) is 6.60. The first kappa shape index (κ1) is 23.2. The van der Waals surface area contributed by atoms with Crippen molar-refractivity contribution in [2.45, 2.75) is 0 Å². The molecule has 0 saturated heterocycles. The summed E-state index contributed by atoms with van der Waals surface area (Å²) in [4.78, 5) is 21.8. The minimum atomic E-state index is -0.895. The second kappa shape index (κ2) is 10.1. The summed E-state index contributed by atoms with van der Waals surface area (Å²) in [7, 11) is 0. The maximum atomic E-state index is 10.9. The van der Waals surface area contributed by atoms with Crippen LogP contribution in [0.3, 0.4) is 0 Å². The number of halogens is 2. The van der Waals surface area contributed by atoms with E-state index in [2.05, 4.69) is 31.9 Å². The summed E-state index contributed by atoms with van der Waals surface area (Å²) in [5, 5.41) is 21.3. The molecule has 29 heavy (non-hydrogen) atoms. The van der Waals surface area contributed by atoms with Gasteiger partial charge in [-0.1, -0.05) is 68.3 Å². The zero-order valence-electron chi connectivity index (χ0n) is 15.1. The molecule has 4 aromatic rings. The first-order valence-corrected chi connectivity index (χ1v) is 9.78. The molecule has 0 unspecified atom stereocenters. The zero-order chi connectivity index (χ0) is 20.3. The first-order chi connectivity index (χ1) is 13.4. The minimum absolute atomic E-state index is 0. The van der Waals surface area contributed by atoms with Crippen molar-refractivity contribution in [3.8, 4) is 0 Å². The van der Waals surface area contributed by atoms with Crippen LogP contribution in [-0.4, -0.2) is 22.2 Å². The molecule has 0 radical (unpaired) electrons. The average Bonchev–Trinajstić information content (AvgIpc) is 2.67. The van der Waals surface area contributed by atoms with Gasteiger partial charge in [0.05, 0.1) is 11.1 Å². The summed E-state index contributed by atoms with van der Waals surface area (Å²) in [5.41, 5.74) is 0.674. The van der Waals surface area contributed by atoms with Crippen LogP contribution in [0.25, 0.3) is 21.5 Å². The Morgan fingerprint density at radius 1 is 0.621 bits per heavy atom. The molecule has 0 aliphatic carbocycles. The molecule has 2 N–H and O–H groups in total. The quantitative estimate of drug-likeness (QED) is 0.268. The second-order valence-electron chi connectivity index (χ2n) is 5.95. The van der Waals surface area contributed by atoms with Gasteiger partial charge in [-0.25, -0.2) is 9.59 Å². The third-order valence-corrected chi connectivity index (χ3v) is 5.14. The van der Waals surface area contributed by atoms with Crippen LogP contribution >= 0.6 is 31.9 Å². The monoisotopic (exact) mass is 564 g/mol. The second-order valence-corrected chi connectivity index (χ2v) is 7.78. The van der Waals surface area contributed by atoms with Gasteiger partial charge in [0.15, 0.2) is 0 Å². The smallest absolute Gasteiger partial charge is 0.336 e. The number of hydrogen-bond donors (Lipinski definition) is 2. The fraction of sp³-hybridized carbons (Fsp3) is 0. The van der Waals surface area contributed by atoms with Gasteiger partial charge in [-0.05, 0) is 57.9 Å². The van der Waals surface area contributed by atoms with E-state index < -0.39 is 11.9 Å². The average molecular weight is 568 g/mol. The van der Waals surface area contributed by atoms with E-state index in [1.807, 2.05) is 48.5 Å². The fourth-order valence-electron chi connectivity index (χ4n) is 2.86. The predicted molar refractivity (Wildman–Crippen MR) is 117 cm³/mol. The molecule has 0 aliphatic heterocycles. The minimum Gasteiger partial charge on any atom is -0.478 e. The van der Waals surface area contributed by atoms with Gasteiger partial charge in [0.1, 0.15) is 0 Å². The Hall–Kier alpha value is -2.08. The molecule has 0 bridgehead atoms. The molecule has 142 valence electrons. The molecule has 7 heteroatoms. The number of fused-ring (bicyclic) bond motifs is 2. The molecular weight excluding hydrogens is 553 g/mol. The number of hydrogen-bond acceptors (Lipinski definition) is 2. The Labute approximate surface area is 196 Å². The molecule has 0 aromatic heterocycles. The molecule has 4 aromatic carbocycles. The number of rotatable bonds is 2. The molecule has 0 aliphatic rings. The van der Waals surface area contributed by atoms with Crippen LogP contribution in [0.15, 0.2) is 81.7 Å². The van der Waals surface area contributed by atoms with Crippen LogP contribution < -0.4 is 0 Å². The van der Waals surface area contributed by atoms with Crippen molar-refractivity contribution in [2.75, 3.05) is 0 Å². The molecule has 0 saturated carbocycles. The van der Waals surface area contributed by atoms with Crippen LogP contribution in [0.1, 0.15) is 20.7 Å². The van der Waals surface area contributed by atoms with E-state index in [1.54, 1.807) is 24.3 Å². The van der Waals surface area contributed by atoms with Gasteiger partial charge in [0.25, 0.3) is 0 Å². The SMILES string of the molecule is O=C(O)c1cccc2ccc(Br)cc12.O=C(O)c1cccc2ccc(Br)cc12.[Zn]. The van der Waals surface area contributed by atoms with Gasteiger partial charge in [-0.2, -0.15) is 0 Å². The number of carboxylic acids is 2. The van der Waals surface area contributed by atoms with E-state index in [0.29, 0.717) is 11.1 Å². The van der Waals surface area contributed by atoms with Crippen molar-refractivity contribution < 1.29 is 39.3 Å². The van der Waals surface area contributed by atoms with E-state index in [9.17, 15) is 9.59 Å². The van der Waals surface area contributed by atoms with Gasteiger partial charge in [0.2, 0.25) is 0 Å².